The summed E-state index contributed by atoms with van der Waals surface area (Å²) < 4.78 is 5.51. The summed E-state index contributed by atoms with van der Waals surface area (Å²) in [6.45, 7) is 10.1. The summed E-state index contributed by atoms with van der Waals surface area (Å²) >= 11 is 0. The molecule has 138 valence electrons. The van der Waals surface area contributed by atoms with E-state index in [0.29, 0.717) is 12.0 Å². The van der Waals surface area contributed by atoms with Crippen LogP contribution in [-0.2, 0) is 9.53 Å². The Morgan fingerprint density at radius 2 is 1.87 bits per heavy atom. The number of hydrogen-bond acceptors (Lipinski definition) is 3. The molecule has 0 aliphatic heterocycles. The SMILES string of the molecule is CCC(C)NC(=NCC(=O)N(C)C)NCCCCOC(C)C.I. The normalized spacial score (nSPS) is 12.6. The molecule has 1 amide bonds. The molecule has 0 bridgehead atoms. The van der Waals surface area contributed by atoms with E-state index in [2.05, 4.69) is 29.5 Å². The first-order valence-electron chi connectivity index (χ1n) is 8.23. The number of carbonyl (C=O) groups excluding carboxylic acids is 1. The van der Waals surface area contributed by atoms with Crippen molar-refractivity contribution in [2.24, 2.45) is 4.99 Å². The Hall–Kier alpha value is -0.570. The van der Waals surface area contributed by atoms with Crippen LogP contribution in [0.5, 0.6) is 0 Å². The maximum atomic E-state index is 11.6. The summed E-state index contributed by atoms with van der Waals surface area (Å²) in [7, 11) is 3.48. The van der Waals surface area contributed by atoms with Gasteiger partial charge in [-0.3, -0.25) is 4.79 Å². The third kappa shape index (κ3) is 14.7. The average molecular weight is 442 g/mol. The molecule has 1 unspecified atom stereocenters. The zero-order valence-corrected chi connectivity index (χ0v) is 17.8. The quantitative estimate of drug-likeness (QED) is 0.236. The molecule has 0 aliphatic carbocycles. The Morgan fingerprint density at radius 3 is 2.39 bits per heavy atom. The van der Waals surface area contributed by atoms with Gasteiger partial charge >= 0.3 is 0 Å². The molecule has 23 heavy (non-hydrogen) atoms. The number of aliphatic imine (C=N–C) groups is 1. The van der Waals surface area contributed by atoms with E-state index in [-0.39, 0.29) is 42.5 Å². The van der Waals surface area contributed by atoms with Crippen molar-refractivity contribution in [3.05, 3.63) is 0 Å². The Bertz CT molecular complexity index is 336. The average Bonchev–Trinajstić information content (AvgIpc) is 2.46. The second kappa shape index (κ2) is 15.0. The molecule has 0 aromatic heterocycles. The van der Waals surface area contributed by atoms with Crippen LogP contribution in [0.2, 0.25) is 0 Å². The van der Waals surface area contributed by atoms with Gasteiger partial charge in [-0.15, -0.1) is 24.0 Å². The number of guanidine groups is 1. The Balaban J connectivity index is 0. The Morgan fingerprint density at radius 1 is 1.22 bits per heavy atom. The molecular formula is C16H35IN4O2. The van der Waals surface area contributed by atoms with Gasteiger partial charge in [0.1, 0.15) is 6.54 Å². The van der Waals surface area contributed by atoms with E-state index in [1.54, 1.807) is 19.0 Å². The summed E-state index contributed by atoms with van der Waals surface area (Å²) in [4.78, 5) is 17.5. The van der Waals surface area contributed by atoms with Gasteiger partial charge in [0.15, 0.2) is 5.96 Å². The first kappa shape index (κ1) is 24.7. The van der Waals surface area contributed by atoms with Crippen molar-refractivity contribution in [1.29, 1.82) is 0 Å². The maximum absolute atomic E-state index is 11.6. The topological polar surface area (TPSA) is 66.0 Å². The minimum Gasteiger partial charge on any atom is -0.379 e. The molecule has 6 nitrogen and oxygen atoms in total. The number of rotatable bonds is 10. The second-order valence-corrected chi connectivity index (χ2v) is 5.96. The van der Waals surface area contributed by atoms with Crippen LogP contribution < -0.4 is 10.6 Å². The van der Waals surface area contributed by atoms with E-state index in [1.807, 2.05) is 13.8 Å². The highest BCUT2D eigenvalue weighted by atomic mass is 127. The highest BCUT2D eigenvalue weighted by Crippen LogP contribution is 1.94. The van der Waals surface area contributed by atoms with Crippen molar-refractivity contribution in [3.8, 4) is 0 Å². The Labute approximate surface area is 158 Å². The lowest BCUT2D eigenvalue weighted by Crippen LogP contribution is -2.43. The van der Waals surface area contributed by atoms with Crippen LogP contribution >= 0.6 is 24.0 Å². The molecule has 2 N–H and O–H groups in total. The number of hydrogen-bond donors (Lipinski definition) is 2. The molecular weight excluding hydrogens is 407 g/mol. The van der Waals surface area contributed by atoms with E-state index in [1.165, 1.54) is 0 Å². The molecule has 0 aromatic rings. The predicted octanol–water partition coefficient (Wildman–Crippen LogP) is 2.23. The second-order valence-electron chi connectivity index (χ2n) is 5.96. The van der Waals surface area contributed by atoms with Crippen molar-refractivity contribution >= 4 is 35.8 Å². The fourth-order valence-electron chi connectivity index (χ4n) is 1.53. The van der Waals surface area contributed by atoms with Gasteiger partial charge in [0, 0.05) is 33.3 Å². The largest absolute Gasteiger partial charge is 0.379 e. The van der Waals surface area contributed by atoms with Crippen molar-refractivity contribution in [2.45, 2.75) is 59.1 Å². The molecule has 7 heteroatoms. The fourth-order valence-corrected chi connectivity index (χ4v) is 1.53. The molecule has 0 saturated carbocycles. The van der Waals surface area contributed by atoms with Crippen LogP contribution in [0.1, 0.15) is 47.0 Å². The zero-order chi connectivity index (χ0) is 17.0. The van der Waals surface area contributed by atoms with Crippen LogP contribution in [-0.4, -0.2) is 62.7 Å². The molecule has 0 heterocycles. The summed E-state index contributed by atoms with van der Waals surface area (Å²) in [5, 5.41) is 6.59. The summed E-state index contributed by atoms with van der Waals surface area (Å²) in [6, 6.07) is 0.324. The number of nitrogens with zero attached hydrogens (tertiary/aromatic N) is 2. The Kier molecular flexibility index (Phi) is 16.1. The van der Waals surface area contributed by atoms with Crippen molar-refractivity contribution in [2.75, 3.05) is 33.8 Å². The fraction of sp³-hybridized carbons (Fsp3) is 0.875. The molecule has 0 aliphatic rings. The van der Waals surface area contributed by atoms with Crippen LogP contribution in [0.15, 0.2) is 4.99 Å². The molecule has 1 atom stereocenters. The van der Waals surface area contributed by atoms with Gasteiger partial charge in [0.2, 0.25) is 5.91 Å². The molecule has 0 saturated heterocycles. The number of amides is 1. The van der Waals surface area contributed by atoms with Gasteiger partial charge in [0.05, 0.1) is 6.10 Å². The van der Waals surface area contributed by atoms with Crippen LogP contribution in [0.25, 0.3) is 0 Å². The minimum absolute atomic E-state index is 0. The molecule has 0 rings (SSSR count). The molecule has 0 fully saturated rings. The third-order valence-electron chi connectivity index (χ3n) is 3.18. The van der Waals surface area contributed by atoms with Gasteiger partial charge in [-0.2, -0.15) is 0 Å². The molecule has 0 radical (unpaired) electrons. The van der Waals surface area contributed by atoms with Crippen molar-refractivity contribution in [1.82, 2.24) is 15.5 Å². The van der Waals surface area contributed by atoms with Gasteiger partial charge in [-0.25, -0.2) is 4.99 Å². The van der Waals surface area contributed by atoms with Gasteiger partial charge in [-0.05, 0) is 40.0 Å². The lowest BCUT2D eigenvalue weighted by atomic mass is 10.3. The maximum Gasteiger partial charge on any atom is 0.243 e. The number of nitrogens with one attached hydrogen (secondary N) is 2. The van der Waals surface area contributed by atoms with E-state index < -0.39 is 0 Å². The van der Waals surface area contributed by atoms with Crippen LogP contribution in [0.4, 0.5) is 0 Å². The highest BCUT2D eigenvalue weighted by molar-refractivity contribution is 14.0. The lowest BCUT2D eigenvalue weighted by molar-refractivity contribution is -0.127. The van der Waals surface area contributed by atoms with Gasteiger partial charge in [-0.1, -0.05) is 6.92 Å². The number of likely N-dealkylation sites (N-methyl/N-ethyl adjacent to an activating group) is 1. The first-order valence-corrected chi connectivity index (χ1v) is 8.23. The van der Waals surface area contributed by atoms with Crippen LogP contribution in [0, 0.1) is 0 Å². The summed E-state index contributed by atoms with van der Waals surface area (Å²) in [5.41, 5.74) is 0. The first-order chi connectivity index (χ1) is 10.4. The molecule has 0 spiro atoms. The minimum atomic E-state index is -0.00409. The van der Waals surface area contributed by atoms with Gasteiger partial charge in [0.25, 0.3) is 0 Å². The number of halogens is 1. The lowest BCUT2D eigenvalue weighted by Gasteiger charge is -2.17. The van der Waals surface area contributed by atoms with E-state index >= 15 is 0 Å². The molecule has 0 aromatic carbocycles. The van der Waals surface area contributed by atoms with Gasteiger partial charge < -0.3 is 20.3 Å². The number of unbranched alkanes of at least 4 members (excludes halogenated alkanes) is 1. The summed E-state index contributed by atoms with van der Waals surface area (Å²) in [6.07, 6.45) is 3.31. The van der Waals surface area contributed by atoms with Crippen molar-refractivity contribution < 1.29 is 9.53 Å². The zero-order valence-electron chi connectivity index (χ0n) is 15.5. The summed E-state index contributed by atoms with van der Waals surface area (Å²) in [5.74, 6) is 0.699. The highest BCUT2D eigenvalue weighted by Gasteiger charge is 2.06. The number of carbonyl (C=O) groups is 1. The number of ether oxygens (including phenoxy) is 1. The smallest absolute Gasteiger partial charge is 0.243 e. The van der Waals surface area contributed by atoms with Crippen LogP contribution in [0.3, 0.4) is 0 Å². The monoisotopic (exact) mass is 442 g/mol. The van der Waals surface area contributed by atoms with E-state index in [4.69, 9.17) is 4.74 Å². The standard InChI is InChI=1S/C16H34N4O2.HI/c1-7-14(4)19-16(18-12-15(21)20(5)6)17-10-8-9-11-22-13(2)3;/h13-14H,7-12H2,1-6H3,(H2,17,18,19);1H. The third-order valence-corrected chi connectivity index (χ3v) is 3.18. The predicted molar refractivity (Wildman–Crippen MR) is 108 cm³/mol. The van der Waals surface area contributed by atoms with E-state index in [9.17, 15) is 4.79 Å². The van der Waals surface area contributed by atoms with Crippen molar-refractivity contribution in [3.63, 3.8) is 0 Å². The van der Waals surface area contributed by atoms with E-state index in [0.717, 1.165) is 32.4 Å².